The van der Waals surface area contributed by atoms with E-state index >= 15 is 0 Å². The summed E-state index contributed by atoms with van der Waals surface area (Å²) >= 11 is 6.13. The maximum atomic E-state index is 13.9. The minimum Gasteiger partial charge on any atom is -0.325 e. The van der Waals surface area contributed by atoms with Crippen molar-refractivity contribution < 1.29 is 8.78 Å². The van der Waals surface area contributed by atoms with Crippen molar-refractivity contribution in [2.75, 3.05) is 0 Å². The van der Waals surface area contributed by atoms with E-state index in [4.69, 9.17) is 17.3 Å². The summed E-state index contributed by atoms with van der Waals surface area (Å²) in [5.74, 6) is -2.00. The summed E-state index contributed by atoms with van der Waals surface area (Å²) in [7, 11) is 0. The molecule has 0 aliphatic carbocycles. The third-order valence-corrected chi connectivity index (χ3v) is 3.45. The van der Waals surface area contributed by atoms with Gasteiger partial charge in [-0.25, -0.2) is 18.7 Å². The maximum Gasteiger partial charge on any atom is 0.186 e. The number of hydrogen-bond acceptors (Lipinski definition) is 3. The van der Waals surface area contributed by atoms with Crippen LogP contribution < -0.4 is 5.73 Å². The normalized spacial score (nSPS) is 11.0. The lowest BCUT2D eigenvalue weighted by Gasteiger charge is -2.10. The Kier molecular flexibility index (Phi) is 3.53. The van der Waals surface area contributed by atoms with Crippen LogP contribution in [0.2, 0.25) is 5.02 Å². The molecule has 3 rings (SSSR count). The molecule has 1 aromatic heterocycles. The molecule has 6 heteroatoms. The van der Waals surface area contributed by atoms with E-state index in [1.54, 1.807) is 24.3 Å². The highest BCUT2D eigenvalue weighted by Gasteiger charge is 2.16. The van der Waals surface area contributed by atoms with Gasteiger partial charge in [-0.2, -0.15) is 0 Å². The van der Waals surface area contributed by atoms with E-state index in [0.717, 1.165) is 6.07 Å². The van der Waals surface area contributed by atoms with Crippen LogP contribution in [0.5, 0.6) is 0 Å². The quantitative estimate of drug-likeness (QED) is 0.785. The van der Waals surface area contributed by atoms with Crippen LogP contribution >= 0.6 is 11.6 Å². The van der Waals surface area contributed by atoms with Crippen LogP contribution in [0, 0.1) is 11.6 Å². The highest BCUT2D eigenvalue weighted by Crippen LogP contribution is 2.30. The first-order chi connectivity index (χ1) is 10.1. The number of benzene rings is 2. The van der Waals surface area contributed by atoms with Crippen LogP contribution in [0.15, 0.2) is 36.4 Å². The Morgan fingerprint density at radius 3 is 2.52 bits per heavy atom. The highest BCUT2D eigenvalue weighted by atomic mass is 35.5. The zero-order chi connectivity index (χ0) is 15.0. The van der Waals surface area contributed by atoms with Crippen molar-refractivity contribution in [3.63, 3.8) is 0 Å². The summed E-state index contributed by atoms with van der Waals surface area (Å²) in [5, 5.41) is 0.442. The third-order valence-electron chi connectivity index (χ3n) is 3.12. The van der Waals surface area contributed by atoms with Gasteiger partial charge in [0, 0.05) is 12.1 Å². The number of nitrogens with zero attached hydrogens (tertiary/aromatic N) is 2. The Bertz CT molecular complexity index is 837. The Labute approximate surface area is 124 Å². The SMILES string of the molecule is NCc1nc2ccc(F)c(F)c2nc1-c1ccccc1Cl. The fourth-order valence-electron chi connectivity index (χ4n) is 2.11. The summed E-state index contributed by atoms with van der Waals surface area (Å²) in [4.78, 5) is 8.46. The van der Waals surface area contributed by atoms with Crippen LogP contribution in [0.1, 0.15) is 5.69 Å². The maximum absolute atomic E-state index is 13.9. The lowest BCUT2D eigenvalue weighted by Crippen LogP contribution is -2.06. The van der Waals surface area contributed by atoms with E-state index in [9.17, 15) is 8.78 Å². The van der Waals surface area contributed by atoms with Crippen molar-refractivity contribution in [2.45, 2.75) is 6.54 Å². The van der Waals surface area contributed by atoms with Crippen molar-refractivity contribution in [3.05, 3.63) is 58.7 Å². The van der Waals surface area contributed by atoms with E-state index in [0.29, 0.717) is 22.0 Å². The first-order valence-electron chi connectivity index (χ1n) is 6.21. The van der Waals surface area contributed by atoms with Crippen molar-refractivity contribution >= 4 is 22.6 Å². The lowest BCUT2D eigenvalue weighted by atomic mass is 10.1. The van der Waals surface area contributed by atoms with E-state index < -0.39 is 11.6 Å². The fraction of sp³-hybridized carbons (Fsp3) is 0.0667. The van der Waals surface area contributed by atoms with E-state index in [2.05, 4.69) is 9.97 Å². The molecule has 2 aromatic carbocycles. The molecule has 2 N–H and O–H groups in total. The van der Waals surface area contributed by atoms with Crippen LogP contribution in [0.25, 0.3) is 22.3 Å². The van der Waals surface area contributed by atoms with Gasteiger partial charge < -0.3 is 5.73 Å². The summed E-state index contributed by atoms with van der Waals surface area (Å²) < 4.78 is 27.2. The topological polar surface area (TPSA) is 51.8 Å². The van der Waals surface area contributed by atoms with Crippen molar-refractivity contribution in [1.29, 1.82) is 0 Å². The van der Waals surface area contributed by atoms with Crippen molar-refractivity contribution in [3.8, 4) is 11.3 Å². The summed E-state index contributed by atoms with van der Waals surface area (Å²) in [5.41, 5.74) is 7.22. The third kappa shape index (κ3) is 2.34. The summed E-state index contributed by atoms with van der Waals surface area (Å²) in [6.07, 6.45) is 0. The molecular weight excluding hydrogens is 296 g/mol. The molecule has 3 aromatic rings. The van der Waals surface area contributed by atoms with Gasteiger partial charge in [0.25, 0.3) is 0 Å². The number of aromatic nitrogens is 2. The number of rotatable bonds is 2. The lowest BCUT2D eigenvalue weighted by molar-refractivity contribution is 0.515. The van der Waals surface area contributed by atoms with Gasteiger partial charge in [0.1, 0.15) is 5.52 Å². The zero-order valence-corrected chi connectivity index (χ0v) is 11.5. The minimum atomic E-state index is -1.03. The van der Waals surface area contributed by atoms with Gasteiger partial charge in [-0.05, 0) is 18.2 Å². The van der Waals surface area contributed by atoms with E-state index in [1.807, 2.05) is 0 Å². The molecule has 106 valence electrons. The van der Waals surface area contributed by atoms with Gasteiger partial charge in [-0.15, -0.1) is 0 Å². The van der Waals surface area contributed by atoms with Gasteiger partial charge in [0.15, 0.2) is 11.6 Å². The molecule has 0 aliphatic rings. The van der Waals surface area contributed by atoms with Crippen molar-refractivity contribution in [2.24, 2.45) is 5.73 Å². The summed E-state index contributed by atoms with van der Waals surface area (Å²) in [6.45, 7) is 0.114. The number of fused-ring (bicyclic) bond motifs is 1. The van der Waals surface area contributed by atoms with Crippen LogP contribution in [-0.4, -0.2) is 9.97 Å². The first kappa shape index (κ1) is 13.9. The second-order valence-corrected chi connectivity index (χ2v) is 4.84. The number of nitrogens with two attached hydrogens (primary N) is 1. The fourth-order valence-corrected chi connectivity index (χ4v) is 2.34. The molecule has 0 saturated carbocycles. The Morgan fingerprint density at radius 1 is 1.05 bits per heavy atom. The summed E-state index contributed by atoms with van der Waals surface area (Å²) in [6, 6.07) is 9.34. The molecular formula is C15H10ClF2N3. The zero-order valence-electron chi connectivity index (χ0n) is 10.8. The molecule has 0 aliphatic heterocycles. The van der Waals surface area contributed by atoms with Crippen LogP contribution in [-0.2, 0) is 6.54 Å². The molecule has 0 bridgehead atoms. The van der Waals surface area contributed by atoms with Gasteiger partial charge in [-0.1, -0.05) is 29.8 Å². The molecule has 0 spiro atoms. The molecule has 0 saturated heterocycles. The monoisotopic (exact) mass is 305 g/mol. The van der Waals surface area contributed by atoms with Gasteiger partial charge >= 0.3 is 0 Å². The highest BCUT2D eigenvalue weighted by molar-refractivity contribution is 6.33. The molecule has 0 atom stereocenters. The Morgan fingerprint density at radius 2 is 1.81 bits per heavy atom. The Hall–Kier alpha value is -2.11. The number of halogens is 3. The van der Waals surface area contributed by atoms with Gasteiger partial charge in [0.2, 0.25) is 0 Å². The predicted octanol–water partition coefficient (Wildman–Crippen LogP) is 3.69. The first-order valence-corrected chi connectivity index (χ1v) is 6.59. The molecule has 21 heavy (non-hydrogen) atoms. The average molecular weight is 306 g/mol. The molecule has 0 radical (unpaired) electrons. The standard InChI is InChI=1S/C15H10ClF2N3/c16-9-4-2-1-3-8(9)14-12(7-19)20-11-6-5-10(17)13(18)15(11)21-14/h1-6H,7,19H2. The van der Waals surface area contributed by atoms with Crippen LogP contribution in [0.3, 0.4) is 0 Å². The van der Waals surface area contributed by atoms with E-state index in [-0.39, 0.29) is 17.6 Å². The molecule has 3 nitrogen and oxygen atoms in total. The van der Waals surface area contributed by atoms with Crippen molar-refractivity contribution in [1.82, 2.24) is 9.97 Å². The predicted molar refractivity (Wildman–Crippen MR) is 77.8 cm³/mol. The average Bonchev–Trinajstić information content (AvgIpc) is 2.50. The minimum absolute atomic E-state index is 0.114. The second kappa shape index (κ2) is 5.35. The second-order valence-electron chi connectivity index (χ2n) is 4.43. The smallest absolute Gasteiger partial charge is 0.186 e. The largest absolute Gasteiger partial charge is 0.325 e. The van der Waals surface area contributed by atoms with Crippen LogP contribution in [0.4, 0.5) is 8.78 Å². The van der Waals surface area contributed by atoms with E-state index in [1.165, 1.54) is 6.07 Å². The molecule has 1 heterocycles. The van der Waals surface area contributed by atoms with Gasteiger partial charge in [-0.3, -0.25) is 0 Å². The molecule has 0 unspecified atom stereocenters. The Balaban J connectivity index is 2.36. The molecule has 0 fully saturated rings. The molecule has 0 amide bonds. The number of hydrogen-bond donors (Lipinski definition) is 1. The van der Waals surface area contributed by atoms with Gasteiger partial charge in [0.05, 0.1) is 21.9 Å².